The number of halogens is 3. The minimum Gasteiger partial charge on any atom is -0.506 e. The van der Waals surface area contributed by atoms with Gasteiger partial charge in [0, 0.05) is 25.3 Å². The van der Waals surface area contributed by atoms with Crippen LogP contribution in [0.4, 0.5) is 13.2 Å². The van der Waals surface area contributed by atoms with Gasteiger partial charge in [0.1, 0.15) is 5.75 Å². The van der Waals surface area contributed by atoms with Gasteiger partial charge in [-0.15, -0.1) is 0 Å². The topological polar surface area (TPSA) is 56.6 Å². The lowest BCUT2D eigenvalue weighted by Gasteiger charge is -2.39. The molecule has 0 unspecified atom stereocenters. The van der Waals surface area contributed by atoms with E-state index in [1.165, 1.54) is 6.07 Å². The summed E-state index contributed by atoms with van der Waals surface area (Å²) < 4.78 is 38.0. The standard InChI is InChI=1S/C13H17F3N2O2/c1-9-2-3-11(19)10(17-9)8-18-6-4-12(20,5-7-18)13(14,15)16/h2-3,19-20H,4-8H2,1H3. The first-order chi connectivity index (χ1) is 9.21. The highest BCUT2D eigenvalue weighted by Crippen LogP contribution is 2.38. The number of aryl methyl sites for hydroxylation is 1. The van der Waals surface area contributed by atoms with E-state index in [1.807, 2.05) is 0 Å². The second kappa shape index (κ2) is 5.21. The Morgan fingerprint density at radius 2 is 1.90 bits per heavy atom. The lowest BCUT2D eigenvalue weighted by molar-refractivity contribution is -0.272. The molecule has 0 radical (unpaired) electrons. The van der Waals surface area contributed by atoms with Crippen LogP contribution in [0.1, 0.15) is 24.2 Å². The molecule has 4 nitrogen and oxygen atoms in total. The Bertz CT molecular complexity index is 483. The van der Waals surface area contributed by atoms with E-state index in [9.17, 15) is 23.4 Å². The lowest BCUT2D eigenvalue weighted by Crippen LogP contribution is -2.53. The molecule has 0 spiro atoms. The van der Waals surface area contributed by atoms with Crippen LogP contribution in [0.2, 0.25) is 0 Å². The number of hydrogen-bond acceptors (Lipinski definition) is 4. The lowest BCUT2D eigenvalue weighted by atomic mass is 9.91. The molecule has 0 amide bonds. The molecule has 0 saturated carbocycles. The first-order valence-corrected chi connectivity index (χ1v) is 6.38. The number of aromatic hydroxyl groups is 1. The molecule has 1 aliphatic heterocycles. The molecule has 1 aliphatic rings. The summed E-state index contributed by atoms with van der Waals surface area (Å²) in [5, 5.41) is 19.3. The van der Waals surface area contributed by atoms with Gasteiger partial charge >= 0.3 is 6.18 Å². The van der Waals surface area contributed by atoms with E-state index in [0.29, 0.717) is 5.69 Å². The molecule has 1 aromatic rings. The fourth-order valence-electron chi connectivity index (χ4n) is 2.30. The van der Waals surface area contributed by atoms with Crippen LogP contribution in [-0.4, -0.2) is 45.0 Å². The zero-order valence-electron chi connectivity index (χ0n) is 11.1. The Kier molecular flexibility index (Phi) is 3.93. The highest BCUT2D eigenvalue weighted by atomic mass is 19.4. The number of nitrogens with zero attached hydrogens (tertiary/aromatic N) is 2. The Labute approximate surface area is 114 Å². The van der Waals surface area contributed by atoms with Crippen molar-refractivity contribution in [1.29, 1.82) is 0 Å². The van der Waals surface area contributed by atoms with Crippen LogP contribution in [0.15, 0.2) is 12.1 Å². The van der Waals surface area contributed by atoms with Crippen LogP contribution < -0.4 is 0 Å². The molecular formula is C13H17F3N2O2. The van der Waals surface area contributed by atoms with Crippen molar-refractivity contribution in [3.05, 3.63) is 23.5 Å². The average Bonchev–Trinajstić information content (AvgIpc) is 2.35. The fourth-order valence-corrected chi connectivity index (χ4v) is 2.30. The first kappa shape index (κ1) is 15.1. The van der Waals surface area contributed by atoms with E-state index in [1.54, 1.807) is 17.9 Å². The molecule has 20 heavy (non-hydrogen) atoms. The SMILES string of the molecule is Cc1ccc(O)c(CN2CCC(O)(C(F)(F)F)CC2)n1. The van der Waals surface area contributed by atoms with Gasteiger partial charge in [0.25, 0.3) is 0 Å². The molecule has 2 N–H and O–H groups in total. The Morgan fingerprint density at radius 1 is 1.30 bits per heavy atom. The van der Waals surface area contributed by atoms with E-state index >= 15 is 0 Å². The number of aromatic nitrogens is 1. The van der Waals surface area contributed by atoms with Crippen molar-refractivity contribution in [3.63, 3.8) is 0 Å². The Morgan fingerprint density at radius 3 is 2.45 bits per heavy atom. The van der Waals surface area contributed by atoms with Gasteiger partial charge in [-0.25, -0.2) is 0 Å². The highest BCUT2D eigenvalue weighted by Gasteiger charge is 2.54. The maximum atomic E-state index is 12.7. The molecule has 1 saturated heterocycles. The van der Waals surface area contributed by atoms with Crippen LogP contribution in [-0.2, 0) is 6.54 Å². The van der Waals surface area contributed by atoms with Crippen LogP contribution >= 0.6 is 0 Å². The van der Waals surface area contributed by atoms with Crippen molar-refractivity contribution in [1.82, 2.24) is 9.88 Å². The van der Waals surface area contributed by atoms with Gasteiger partial charge in [-0.2, -0.15) is 13.2 Å². The Balaban J connectivity index is 2.00. The van der Waals surface area contributed by atoms with Gasteiger partial charge in [0.05, 0.1) is 5.69 Å². The molecule has 2 rings (SSSR count). The third kappa shape index (κ3) is 3.04. The maximum absolute atomic E-state index is 12.7. The summed E-state index contributed by atoms with van der Waals surface area (Å²) in [7, 11) is 0. The molecule has 1 aromatic heterocycles. The second-order valence-corrected chi connectivity index (χ2v) is 5.22. The maximum Gasteiger partial charge on any atom is 0.417 e. The number of pyridine rings is 1. The van der Waals surface area contributed by atoms with E-state index < -0.39 is 11.8 Å². The minimum absolute atomic E-state index is 0.0345. The molecule has 112 valence electrons. The van der Waals surface area contributed by atoms with E-state index in [0.717, 1.165) is 5.69 Å². The zero-order valence-corrected chi connectivity index (χ0v) is 11.1. The summed E-state index contributed by atoms with van der Waals surface area (Å²) in [5.41, 5.74) is -1.41. The summed E-state index contributed by atoms with van der Waals surface area (Å²) in [6.07, 6.45) is -5.31. The molecule has 1 fully saturated rings. The van der Waals surface area contributed by atoms with Gasteiger partial charge in [-0.05, 0) is 31.9 Å². The molecule has 0 aromatic carbocycles. The number of aliphatic hydroxyl groups is 1. The van der Waals surface area contributed by atoms with Gasteiger partial charge in [0.2, 0.25) is 0 Å². The highest BCUT2D eigenvalue weighted by molar-refractivity contribution is 5.27. The van der Waals surface area contributed by atoms with Crippen molar-refractivity contribution in [2.75, 3.05) is 13.1 Å². The molecule has 7 heteroatoms. The fraction of sp³-hybridized carbons (Fsp3) is 0.615. The van der Waals surface area contributed by atoms with Gasteiger partial charge in [-0.3, -0.25) is 9.88 Å². The monoisotopic (exact) mass is 290 g/mol. The zero-order chi connectivity index (χ0) is 15.0. The van der Waals surface area contributed by atoms with E-state index in [4.69, 9.17) is 0 Å². The van der Waals surface area contributed by atoms with Crippen LogP contribution in [0.25, 0.3) is 0 Å². The number of hydrogen-bond donors (Lipinski definition) is 2. The van der Waals surface area contributed by atoms with Crippen LogP contribution in [0.3, 0.4) is 0 Å². The summed E-state index contributed by atoms with van der Waals surface area (Å²) >= 11 is 0. The largest absolute Gasteiger partial charge is 0.506 e. The quantitative estimate of drug-likeness (QED) is 0.874. The molecule has 0 bridgehead atoms. The van der Waals surface area contributed by atoms with Gasteiger partial charge in [0.15, 0.2) is 5.60 Å². The minimum atomic E-state index is -4.59. The first-order valence-electron chi connectivity index (χ1n) is 6.38. The average molecular weight is 290 g/mol. The number of likely N-dealkylation sites (tertiary alicyclic amines) is 1. The third-order valence-electron chi connectivity index (χ3n) is 3.67. The normalized spacial score (nSPS) is 20.1. The predicted octanol–water partition coefficient (Wildman–Crippen LogP) is 1.98. The molecule has 2 heterocycles. The van der Waals surface area contributed by atoms with E-state index in [2.05, 4.69) is 4.98 Å². The van der Waals surface area contributed by atoms with Crippen molar-refractivity contribution in [2.24, 2.45) is 0 Å². The smallest absolute Gasteiger partial charge is 0.417 e. The molecule has 0 aliphatic carbocycles. The molecule has 0 atom stereocenters. The van der Waals surface area contributed by atoms with Gasteiger partial charge < -0.3 is 10.2 Å². The second-order valence-electron chi connectivity index (χ2n) is 5.22. The molecular weight excluding hydrogens is 273 g/mol. The number of rotatable bonds is 2. The third-order valence-corrected chi connectivity index (χ3v) is 3.67. The van der Waals surface area contributed by atoms with Crippen LogP contribution in [0, 0.1) is 6.92 Å². The number of piperidine rings is 1. The summed E-state index contributed by atoms with van der Waals surface area (Å²) in [5.74, 6) is 0.0345. The summed E-state index contributed by atoms with van der Waals surface area (Å²) in [6.45, 7) is 2.29. The van der Waals surface area contributed by atoms with Crippen molar-refractivity contribution < 1.29 is 23.4 Å². The van der Waals surface area contributed by atoms with Crippen molar-refractivity contribution in [2.45, 2.75) is 38.1 Å². The van der Waals surface area contributed by atoms with E-state index in [-0.39, 0.29) is 38.2 Å². The summed E-state index contributed by atoms with van der Waals surface area (Å²) in [6, 6.07) is 3.19. The van der Waals surface area contributed by atoms with Crippen molar-refractivity contribution >= 4 is 0 Å². The van der Waals surface area contributed by atoms with Crippen molar-refractivity contribution in [3.8, 4) is 5.75 Å². The van der Waals surface area contributed by atoms with Gasteiger partial charge in [-0.1, -0.05) is 0 Å². The predicted molar refractivity (Wildman–Crippen MR) is 66.2 cm³/mol. The van der Waals surface area contributed by atoms with Crippen LogP contribution in [0.5, 0.6) is 5.75 Å². The Hall–Kier alpha value is -1.34. The number of alkyl halides is 3. The summed E-state index contributed by atoms with van der Waals surface area (Å²) in [4.78, 5) is 5.93.